The lowest BCUT2D eigenvalue weighted by atomic mass is 10.1. The summed E-state index contributed by atoms with van der Waals surface area (Å²) < 4.78 is 43.0. The highest BCUT2D eigenvalue weighted by Gasteiger charge is 2.30. The second kappa shape index (κ2) is 6.90. The molecule has 0 spiro atoms. The van der Waals surface area contributed by atoms with Crippen LogP contribution in [-0.2, 0) is 12.7 Å². The number of hydrogen-bond acceptors (Lipinski definition) is 5. The molecule has 3 rings (SSSR count). The van der Waals surface area contributed by atoms with Crippen molar-refractivity contribution in [1.29, 1.82) is 0 Å². The molecule has 2 aromatic rings. The summed E-state index contributed by atoms with van der Waals surface area (Å²) in [7, 11) is 1.95. The number of likely N-dealkylation sites (N-methyl/N-ethyl adjacent to an activating group) is 1. The van der Waals surface area contributed by atoms with Gasteiger partial charge in [-0.15, -0.1) is 0 Å². The molecular weight excluding hydrogens is 321 g/mol. The third kappa shape index (κ3) is 3.93. The van der Waals surface area contributed by atoms with E-state index in [-0.39, 0.29) is 0 Å². The van der Waals surface area contributed by atoms with Crippen LogP contribution in [0.5, 0.6) is 0 Å². The zero-order valence-electron chi connectivity index (χ0n) is 13.3. The fraction of sp³-hybridized carbons (Fsp3) is 0.500. The Morgan fingerprint density at radius 2 is 2.04 bits per heavy atom. The van der Waals surface area contributed by atoms with Crippen molar-refractivity contribution in [3.8, 4) is 11.4 Å². The van der Waals surface area contributed by atoms with Gasteiger partial charge in [0.2, 0.25) is 11.7 Å². The topological polar surface area (TPSA) is 54.2 Å². The van der Waals surface area contributed by atoms with Crippen molar-refractivity contribution < 1.29 is 17.7 Å². The third-order valence-electron chi connectivity index (χ3n) is 4.21. The molecule has 24 heavy (non-hydrogen) atoms. The van der Waals surface area contributed by atoms with E-state index in [1.54, 1.807) is 0 Å². The summed E-state index contributed by atoms with van der Waals surface area (Å²) in [4.78, 5) is 6.53. The molecule has 1 fully saturated rings. The smallest absolute Gasteiger partial charge is 0.338 e. The van der Waals surface area contributed by atoms with Crippen LogP contribution in [0.3, 0.4) is 0 Å². The van der Waals surface area contributed by atoms with Crippen LogP contribution in [0.4, 0.5) is 13.2 Å². The quantitative estimate of drug-likeness (QED) is 0.927. The first-order valence-electron chi connectivity index (χ1n) is 7.85. The highest BCUT2D eigenvalue weighted by Crippen LogP contribution is 2.30. The highest BCUT2D eigenvalue weighted by molar-refractivity contribution is 5.54. The molecule has 1 aliphatic heterocycles. The Bertz CT molecular complexity index is 669. The first kappa shape index (κ1) is 16.9. The van der Waals surface area contributed by atoms with Gasteiger partial charge in [0.1, 0.15) is 0 Å². The number of aromatic nitrogens is 2. The van der Waals surface area contributed by atoms with Crippen molar-refractivity contribution in [2.45, 2.75) is 31.6 Å². The maximum atomic E-state index is 12.6. The van der Waals surface area contributed by atoms with Gasteiger partial charge in [0, 0.05) is 18.2 Å². The van der Waals surface area contributed by atoms with Crippen molar-refractivity contribution in [3.05, 3.63) is 35.7 Å². The summed E-state index contributed by atoms with van der Waals surface area (Å²) in [5, 5.41) is 7.14. The summed E-state index contributed by atoms with van der Waals surface area (Å²) in [5.74, 6) is 0.780. The van der Waals surface area contributed by atoms with Crippen molar-refractivity contribution >= 4 is 0 Å². The summed E-state index contributed by atoms with van der Waals surface area (Å²) in [5.41, 5.74) is -0.189. The molecule has 1 saturated heterocycles. The number of nitrogens with zero attached hydrogens (tertiary/aromatic N) is 3. The van der Waals surface area contributed by atoms with Crippen LogP contribution in [0.2, 0.25) is 0 Å². The third-order valence-corrected chi connectivity index (χ3v) is 4.21. The first-order chi connectivity index (χ1) is 11.5. The summed E-state index contributed by atoms with van der Waals surface area (Å²) in [6.07, 6.45) is -2.10. The Hall–Kier alpha value is -1.93. The Labute approximate surface area is 137 Å². The molecule has 8 heteroatoms. The molecule has 0 saturated carbocycles. The van der Waals surface area contributed by atoms with Gasteiger partial charge >= 0.3 is 6.18 Å². The Morgan fingerprint density at radius 3 is 2.71 bits per heavy atom. The molecule has 0 aliphatic carbocycles. The van der Waals surface area contributed by atoms with E-state index in [2.05, 4.69) is 20.4 Å². The second-order valence-corrected chi connectivity index (χ2v) is 5.95. The van der Waals surface area contributed by atoms with Crippen LogP contribution in [0.25, 0.3) is 11.4 Å². The summed E-state index contributed by atoms with van der Waals surface area (Å²) in [6, 6.07) is 5.21. The number of alkyl halides is 3. The van der Waals surface area contributed by atoms with Crippen LogP contribution in [0.15, 0.2) is 28.8 Å². The zero-order valence-corrected chi connectivity index (χ0v) is 13.3. The average Bonchev–Trinajstić information content (AvgIpc) is 3.03. The fourth-order valence-corrected chi connectivity index (χ4v) is 2.87. The average molecular weight is 340 g/mol. The number of hydrogen-bond donors (Lipinski definition) is 1. The summed E-state index contributed by atoms with van der Waals surface area (Å²) in [6.45, 7) is 2.43. The van der Waals surface area contributed by atoms with Crippen molar-refractivity contribution in [2.75, 3.05) is 20.1 Å². The van der Waals surface area contributed by atoms with E-state index >= 15 is 0 Å². The van der Waals surface area contributed by atoms with Crippen molar-refractivity contribution in [2.24, 2.45) is 0 Å². The number of piperidine rings is 1. The molecule has 0 amide bonds. The molecular formula is C16H19F3N4O. The van der Waals surface area contributed by atoms with E-state index in [0.717, 1.165) is 38.1 Å². The summed E-state index contributed by atoms with van der Waals surface area (Å²) >= 11 is 0. The largest absolute Gasteiger partial charge is 0.416 e. The number of likely N-dealkylation sites (tertiary alicyclic amines) is 1. The molecule has 1 atom stereocenters. The van der Waals surface area contributed by atoms with Crippen LogP contribution < -0.4 is 5.32 Å². The molecule has 130 valence electrons. The minimum absolute atomic E-state index is 0.306. The van der Waals surface area contributed by atoms with Crippen molar-refractivity contribution in [3.63, 3.8) is 0 Å². The van der Waals surface area contributed by atoms with Gasteiger partial charge < -0.3 is 9.84 Å². The molecule has 1 aromatic heterocycles. The monoisotopic (exact) mass is 340 g/mol. The predicted octanol–water partition coefficient (Wildman–Crippen LogP) is 2.94. The normalized spacial score (nSPS) is 19.6. The van der Waals surface area contributed by atoms with Gasteiger partial charge in [-0.1, -0.05) is 17.3 Å². The van der Waals surface area contributed by atoms with Gasteiger partial charge in [0.15, 0.2) is 0 Å². The van der Waals surface area contributed by atoms with Crippen LogP contribution >= 0.6 is 0 Å². The highest BCUT2D eigenvalue weighted by atomic mass is 19.4. The maximum Gasteiger partial charge on any atom is 0.416 e. The second-order valence-electron chi connectivity index (χ2n) is 5.95. The Balaban J connectivity index is 1.67. The van der Waals surface area contributed by atoms with E-state index < -0.39 is 11.7 Å². The maximum absolute atomic E-state index is 12.6. The molecule has 2 heterocycles. The number of rotatable bonds is 4. The number of benzene rings is 1. The van der Waals surface area contributed by atoms with E-state index in [9.17, 15) is 13.2 Å². The lowest BCUT2D eigenvalue weighted by Gasteiger charge is -2.31. The predicted molar refractivity (Wildman–Crippen MR) is 82.1 cm³/mol. The number of halogens is 3. The van der Waals surface area contributed by atoms with Crippen LogP contribution in [-0.4, -0.2) is 41.2 Å². The van der Waals surface area contributed by atoms with Gasteiger partial charge in [-0.3, -0.25) is 4.90 Å². The Kier molecular flexibility index (Phi) is 4.86. The van der Waals surface area contributed by atoms with E-state index in [1.165, 1.54) is 12.1 Å². The van der Waals surface area contributed by atoms with Crippen LogP contribution in [0.1, 0.15) is 24.3 Å². The van der Waals surface area contributed by atoms with Gasteiger partial charge in [0.25, 0.3) is 0 Å². The SMILES string of the molecule is CNC1CCCN(Cc2nc(-c3ccc(C(F)(F)F)cc3)no2)C1. The zero-order chi connectivity index (χ0) is 17.2. The van der Waals surface area contributed by atoms with E-state index in [4.69, 9.17) is 4.52 Å². The van der Waals surface area contributed by atoms with Gasteiger partial charge in [0.05, 0.1) is 12.1 Å². The molecule has 1 unspecified atom stereocenters. The molecule has 1 aliphatic rings. The van der Waals surface area contributed by atoms with E-state index in [0.29, 0.717) is 29.9 Å². The molecule has 1 N–H and O–H groups in total. The lowest BCUT2D eigenvalue weighted by molar-refractivity contribution is -0.137. The standard InChI is InChI=1S/C16H19F3N4O/c1-20-13-3-2-8-23(9-13)10-14-21-15(22-24-14)11-4-6-12(7-5-11)16(17,18)19/h4-7,13,20H,2-3,8-10H2,1H3. The van der Waals surface area contributed by atoms with Crippen LogP contribution in [0, 0.1) is 0 Å². The molecule has 0 bridgehead atoms. The number of nitrogens with one attached hydrogen (secondary N) is 1. The minimum Gasteiger partial charge on any atom is -0.338 e. The van der Waals surface area contributed by atoms with Gasteiger partial charge in [-0.25, -0.2) is 0 Å². The Morgan fingerprint density at radius 1 is 1.29 bits per heavy atom. The van der Waals surface area contributed by atoms with Gasteiger partial charge in [-0.05, 0) is 38.6 Å². The van der Waals surface area contributed by atoms with Gasteiger partial charge in [-0.2, -0.15) is 18.2 Å². The lowest BCUT2D eigenvalue weighted by Crippen LogP contribution is -2.43. The minimum atomic E-state index is -4.35. The fourth-order valence-electron chi connectivity index (χ4n) is 2.87. The van der Waals surface area contributed by atoms with Crippen molar-refractivity contribution in [1.82, 2.24) is 20.4 Å². The molecule has 5 nitrogen and oxygen atoms in total. The van der Waals surface area contributed by atoms with E-state index in [1.807, 2.05) is 7.05 Å². The first-order valence-corrected chi connectivity index (χ1v) is 7.85. The molecule has 1 aromatic carbocycles. The molecule has 0 radical (unpaired) electrons.